The van der Waals surface area contributed by atoms with Crippen LogP contribution in [-0.4, -0.2) is 15.1 Å². The molecule has 0 fully saturated rings. The maximum Gasteiger partial charge on any atom is 0.0523 e. The largest absolute Gasteiger partial charge is 0.574 e. The van der Waals surface area contributed by atoms with E-state index in [2.05, 4.69) is 144 Å². The molecule has 5 heteroatoms. The van der Waals surface area contributed by atoms with E-state index in [9.17, 15) is 0 Å². The van der Waals surface area contributed by atoms with Gasteiger partial charge >= 0.3 is 0 Å². The molecule has 6 aromatic carbocycles. The zero-order valence-electron chi connectivity index (χ0n) is 28.8. The molecule has 0 spiro atoms. The third-order valence-corrected chi connectivity index (χ3v) is 10.3. The molecule has 0 aliphatic heterocycles. The van der Waals surface area contributed by atoms with E-state index in [1.165, 1.54) is 65.5 Å². The van der Waals surface area contributed by atoms with Gasteiger partial charge < -0.3 is 15.2 Å². The van der Waals surface area contributed by atoms with E-state index in [1.54, 1.807) is 6.20 Å². The van der Waals surface area contributed by atoms with Crippen LogP contribution in [0.2, 0.25) is 0 Å². The van der Waals surface area contributed by atoms with Gasteiger partial charge in [-0.1, -0.05) is 128 Å². The number of hydrogen-bond donors (Lipinski definition) is 0. The molecule has 0 atom stereocenters. The molecule has 0 saturated carbocycles. The van der Waals surface area contributed by atoms with Crippen molar-refractivity contribution in [3.8, 4) is 33.8 Å². The van der Waals surface area contributed by atoms with Gasteiger partial charge in [-0.25, -0.2) is 0 Å². The fraction of sp³-hybridized carbons (Fsp3) is 0.109. The molecule has 3 heterocycles. The Morgan fingerprint density at radius 3 is 2.00 bits per heavy atom. The summed E-state index contributed by atoms with van der Waals surface area (Å²) in [5.74, 6) is 0. The molecular weight excluding hydrogens is 801 g/mol. The third kappa shape index (κ3) is 5.28. The predicted molar refractivity (Wildman–Crippen MR) is 206 cm³/mol. The Kier molecular flexibility index (Phi) is 8.14. The molecule has 0 bridgehead atoms. The number of pyridine rings is 2. The molecule has 0 unspecified atom stereocenters. The molecule has 9 aromatic rings. The molecule has 3 aromatic heterocycles. The van der Waals surface area contributed by atoms with Gasteiger partial charge in [0.05, 0.1) is 5.69 Å². The van der Waals surface area contributed by atoms with Gasteiger partial charge in [-0.2, -0.15) is 0 Å². The summed E-state index contributed by atoms with van der Waals surface area (Å²) in [6.45, 7) is 8.81. The molecule has 4 nitrogen and oxygen atoms in total. The van der Waals surface area contributed by atoms with Crippen LogP contribution in [0.4, 0.5) is 0 Å². The average molecular weight is 835 g/mol. The fourth-order valence-corrected chi connectivity index (χ4v) is 8.05. The van der Waals surface area contributed by atoms with Crippen LogP contribution < -0.4 is 5.10 Å². The van der Waals surface area contributed by atoms with Crippen LogP contribution >= 0.6 is 0 Å². The second-order valence-corrected chi connectivity index (χ2v) is 13.8. The van der Waals surface area contributed by atoms with E-state index in [-0.39, 0.29) is 25.5 Å². The Balaban J connectivity index is 0.000000226. The molecule has 249 valence electrons. The van der Waals surface area contributed by atoms with E-state index in [4.69, 9.17) is 4.98 Å². The van der Waals surface area contributed by atoms with Gasteiger partial charge in [0.2, 0.25) is 0 Å². The van der Waals surface area contributed by atoms with Crippen molar-refractivity contribution < 1.29 is 20.1 Å². The Morgan fingerprint density at radius 2 is 1.29 bits per heavy atom. The van der Waals surface area contributed by atoms with Gasteiger partial charge in [-0.15, -0.1) is 29.3 Å². The SMILES string of the molecule is CC1(C)c2cc(-c3nccc4ccccc34)[c-]cc2-c2ccc3c4ccccc4c4ccccc4c3c21.Cc1cnc(-c2ccn[n-]2)c(C)c1.[Ir]. The Bertz CT molecular complexity index is 2720. The summed E-state index contributed by atoms with van der Waals surface area (Å²) in [6.07, 6.45) is 5.43. The van der Waals surface area contributed by atoms with Crippen molar-refractivity contribution in [3.05, 3.63) is 162 Å². The molecular formula is C46H34IrN4-2. The first-order valence-corrected chi connectivity index (χ1v) is 17.1. The molecule has 51 heavy (non-hydrogen) atoms. The summed E-state index contributed by atoms with van der Waals surface area (Å²) in [5.41, 5.74) is 11.3. The van der Waals surface area contributed by atoms with Gasteiger partial charge in [0.25, 0.3) is 0 Å². The van der Waals surface area contributed by atoms with Gasteiger partial charge in [0, 0.05) is 38.7 Å². The molecule has 0 N–H and O–H groups in total. The van der Waals surface area contributed by atoms with Crippen molar-refractivity contribution in [1.29, 1.82) is 0 Å². The van der Waals surface area contributed by atoms with Crippen molar-refractivity contribution in [2.24, 2.45) is 0 Å². The summed E-state index contributed by atoms with van der Waals surface area (Å²) in [4.78, 5) is 9.11. The molecule has 0 saturated heterocycles. The van der Waals surface area contributed by atoms with Crippen LogP contribution in [0.25, 0.3) is 76.9 Å². The second kappa shape index (κ2) is 12.7. The molecule has 1 aliphatic rings. The molecule has 1 aliphatic carbocycles. The zero-order chi connectivity index (χ0) is 34.0. The van der Waals surface area contributed by atoms with Gasteiger partial charge in [0.15, 0.2) is 0 Å². The number of aryl methyl sites for hydroxylation is 2. The maximum absolute atomic E-state index is 4.79. The van der Waals surface area contributed by atoms with Crippen LogP contribution in [-0.2, 0) is 25.5 Å². The van der Waals surface area contributed by atoms with Gasteiger partial charge in [0.1, 0.15) is 0 Å². The standard InChI is InChI=1S/C36H24N.C10H10N3.Ir/c1-36(2)32-21-23(35-24-10-4-3-9-22(24)19-20-37-35)15-16-28(32)31-18-17-30-27-13-6-5-11-25(27)26-12-7-8-14-29(26)33(30)34(31)36;1-7-5-8(2)10(11-6-7)9-3-4-12-13-9;/h3-14,16-21H,1-2H3;3-6H,1-2H3;/q2*-1;. The van der Waals surface area contributed by atoms with E-state index in [0.29, 0.717) is 0 Å². The molecule has 1 radical (unpaired) electrons. The van der Waals surface area contributed by atoms with Crippen LogP contribution in [0, 0.1) is 19.9 Å². The topological polar surface area (TPSA) is 52.8 Å². The van der Waals surface area contributed by atoms with Crippen molar-refractivity contribution in [2.75, 3.05) is 0 Å². The summed E-state index contributed by atoms with van der Waals surface area (Å²) < 4.78 is 0. The van der Waals surface area contributed by atoms with Crippen molar-refractivity contribution in [2.45, 2.75) is 33.1 Å². The van der Waals surface area contributed by atoms with Gasteiger partial charge in [-0.05, 0) is 90.8 Å². The van der Waals surface area contributed by atoms with Crippen molar-refractivity contribution >= 4 is 43.1 Å². The average Bonchev–Trinajstić information content (AvgIpc) is 3.76. The first kappa shape index (κ1) is 32.7. The van der Waals surface area contributed by atoms with Crippen LogP contribution in [0.5, 0.6) is 0 Å². The number of hydrogen-bond acceptors (Lipinski definition) is 3. The van der Waals surface area contributed by atoms with Crippen LogP contribution in [0.1, 0.15) is 36.1 Å². The summed E-state index contributed by atoms with van der Waals surface area (Å²) in [7, 11) is 0. The van der Waals surface area contributed by atoms with E-state index in [1.807, 2.05) is 32.3 Å². The first-order chi connectivity index (χ1) is 24.4. The van der Waals surface area contributed by atoms with E-state index in [0.717, 1.165) is 33.6 Å². The Labute approximate surface area is 311 Å². The zero-order valence-corrected chi connectivity index (χ0v) is 31.2. The minimum Gasteiger partial charge on any atom is -0.574 e. The molecule has 10 rings (SSSR count). The number of benzene rings is 6. The minimum absolute atomic E-state index is 0. The number of fused-ring (bicyclic) bond motifs is 11. The van der Waals surface area contributed by atoms with E-state index >= 15 is 0 Å². The quantitative estimate of drug-likeness (QED) is 0.129. The summed E-state index contributed by atoms with van der Waals surface area (Å²) in [6, 6.07) is 45.0. The number of rotatable bonds is 2. The Hall–Kier alpha value is -5.48. The number of aromatic nitrogens is 4. The Morgan fingerprint density at radius 1 is 0.627 bits per heavy atom. The number of nitrogens with zero attached hydrogens (tertiary/aromatic N) is 4. The fourth-order valence-electron chi connectivity index (χ4n) is 8.05. The second-order valence-electron chi connectivity index (χ2n) is 13.8. The van der Waals surface area contributed by atoms with Crippen LogP contribution in [0.3, 0.4) is 0 Å². The minimum atomic E-state index is -0.163. The van der Waals surface area contributed by atoms with Gasteiger partial charge in [-0.3, -0.25) is 4.98 Å². The first-order valence-electron chi connectivity index (χ1n) is 17.1. The van der Waals surface area contributed by atoms with Crippen molar-refractivity contribution in [3.63, 3.8) is 0 Å². The smallest absolute Gasteiger partial charge is 0.0523 e. The maximum atomic E-state index is 4.79. The normalized spacial score (nSPS) is 12.7. The van der Waals surface area contributed by atoms with Crippen molar-refractivity contribution in [1.82, 2.24) is 20.2 Å². The monoisotopic (exact) mass is 835 g/mol. The summed E-state index contributed by atoms with van der Waals surface area (Å²) in [5, 5.41) is 18.1. The van der Waals surface area contributed by atoms with E-state index < -0.39 is 0 Å². The molecule has 0 amide bonds. The third-order valence-electron chi connectivity index (χ3n) is 10.3. The van der Waals surface area contributed by atoms with Crippen LogP contribution in [0.15, 0.2) is 134 Å². The summed E-state index contributed by atoms with van der Waals surface area (Å²) >= 11 is 0. The predicted octanol–water partition coefficient (Wildman–Crippen LogP) is 11.2.